The van der Waals surface area contributed by atoms with Gasteiger partial charge < -0.3 is 85.4 Å². The highest BCUT2D eigenvalue weighted by Crippen LogP contribution is 2.68. The van der Waals surface area contributed by atoms with E-state index in [4.69, 9.17) is 17.2 Å². The number of nitrogens with one attached hydrogen (secondary N) is 10. The van der Waals surface area contributed by atoms with Gasteiger partial charge in [0.15, 0.2) is 0 Å². The molecule has 5 aliphatic rings. The molecule has 4 saturated carbocycles. The lowest BCUT2D eigenvalue weighted by atomic mass is 9.44. The minimum Gasteiger partial charge on any atom is -0.480 e. The van der Waals surface area contributed by atoms with Crippen molar-refractivity contribution in [2.75, 3.05) is 110 Å². The van der Waals surface area contributed by atoms with Crippen molar-refractivity contribution in [3.63, 3.8) is 0 Å². The van der Waals surface area contributed by atoms with E-state index in [0.717, 1.165) is 64.2 Å². The van der Waals surface area contributed by atoms with Crippen LogP contribution in [0.1, 0.15) is 161 Å². The molecule has 0 spiro atoms. The predicted molar refractivity (Wildman–Crippen MR) is 450 cm³/mol. The summed E-state index contributed by atoms with van der Waals surface area (Å²) >= 11 is 1.47. The number of nitrogens with two attached hydrogens (primary N) is 3. The van der Waals surface area contributed by atoms with Crippen LogP contribution in [-0.4, -0.2) is 291 Å². The monoisotopic (exact) mass is 1700 g/mol. The number of thioether (sulfide) groups is 1. The van der Waals surface area contributed by atoms with Crippen LogP contribution in [-0.2, 0) is 75.2 Å². The summed E-state index contributed by atoms with van der Waals surface area (Å²) in [4.78, 5) is 197. The minimum absolute atomic E-state index is 0.0216. The first-order valence-electron chi connectivity index (χ1n) is 42.5. The molecule has 1 aromatic carbocycles. The van der Waals surface area contributed by atoms with Crippen LogP contribution >= 0.6 is 11.8 Å². The molecule has 4 aliphatic carbocycles. The molecule has 5 fully saturated rings. The van der Waals surface area contributed by atoms with Crippen LogP contribution in [0.2, 0.25) is 0 Å². The Morgan fingerprint density at radius 2 is 1.18 bits per heavy atom. The van der Waals surface area contributed by atoms with Gasteiger partial charge in [-0.1, -0.05) is 52.8 Å². The predicted octanol–water partition coefficient (Wildman–Crippen LogP) is 0.357. The zero-order chi connectivity index (χ0) is 87.7. The molecule has 3 unspecified atom stereocenters. The third-order valence-electron chi connectivity index (χ3n) is 25.8. The number of aromatic amines is 1. The van der Waals surface area contributed by atoms with Crippen molar-refractivity contribution in [3.05, 3.63) is 54.2 Å². The Bertz CT molecular complexity index is 4010. The minimum atomic E-state index is -1.27. The molecule has 10 amide bonds. The van der Waals surface area contributed by atoms with E-state index in [1.165, 1.54) is 42.7 Å². The molecule has 0 radical (unpaired) electrons. The molecular weight excluding hydrogens is 1570 g/mol. The molecule has 3 aromatic rings. The number of H-pyrrole nitrogens is 1. The molecular formula is C83H131N19O17S. The van der Waals surface area contributed by atoms with Gasteiger partial charge in [0.25, 0.3) is 0 Å². The number of nitrogens with zero attached hydrogens (tertiary/aromatic N) is 6. The van der Waals surface area contributed by atoms with E-state index < -0.39 is 126 Å². The number of hydrogen-bond acceptors (Lipinski definition) is 22. The van der Waals surface area contributed by atoms with Gasteiger partial charge in [-0.05, 0) is 193 Å². The van der Waals surface area contributed by atoms with Crippen molar-refractivity contribution < 1.29 is 82.4 Å². The number of imidazole rings is 1. The van der Waals surface area contributed by atoms with Gasteiger partial charge in [-0.15, -0.1) is 0 Å². The van der Waals surface area contributed by atoms with Crippen LogP contribution in [0, 0.1) is 52.3 Å². The quantitative estimate of drug-likeness (QED) is 0.0340. The third kappa shape index (κ3) is 28.0. The molecule has 8 rings (SSSR count). The van der Waals surface area contributed by atoms with Gasteiger partial charge in [0.2, 0.25) is 65.0 Å². The average Bonchev–Trinajstić information content (AvgIpc) is 1.40. The highest BCUT2D eigenvalue weighted by molar-refractivity contribution is 7.98. The van der Waals surface area contributed by atoms with Gasteiger partial charge in [-0.3, -0.25) is 91.3 Å². The summed E-state index contributed by atoms with van der Waals surface area (Å²) in [7, 11) is 0. The number of amides is 10. The normalized spacial score (nSPS) is 23.9. The van der Waals surface area contributed by atoms with Gasteiger partial charge in [0, 0.05) is 94.7 Å². The van der Waals surface area contributed by atoms with E-state index in [2.05, 4.69) is 78.6 Å². The van der Waals surface area contributed by atoms with Gasteiger partial charge in [-0.2, -0.15) is 11.8 Å². The van der Waals surface area contributed by atoms with Crippen LogP contribution in [0.25, 0.3) is 10.9 Å². The SMILES string of the molecule is CSCC[C@H](NC(=O)[C@H](CC(C)C)NC(=O)[C@H](Cc1cnc[nH]1)NC(=O)CNC(=O)[C@H](C)NC(=O)[C@H](C)NC(=O)[C@H](Cc1cn(C(=O)[C@@H](N)CCC(N)=O)c2ccccc12)NCCC[C@@H](C)[C@H]1CCC2C3CC[C@@H]4C[C@@H](NC(=O)CNC(=O)CN5CCN(CC(=O)O)CCN(CC(=O)O)CCN(CC(=O)O)CC5)CC[C@]4(C)C3CC[C@@]21C)C(N)=O. The lowest BCUT2D eigenvalue weighted by Gasteiger charge is -2.61. The van der Waals surface area contributed by atoms with E-state index in [1.807, 2.05) is 37.1 Å². The first kappa shape index (κ1) is 96.3. The van der Waals surface area contributed by atoms with Crippen molar-refractivity contribution in [2.45, 2.75) is 206 Å². The molecule has 3 heterocycles. The summed E-state index contributed by atoms with van der Waals surface area (Å²) < 4.78 is 1.43. The maximum Gasteiger partial charge on any atom is 0.317 e. The Morgan fingerprint density at radius 1 is 0.600 bits per heavy atom. The van der Waals surface area contributed by atoms with Crippen molar-refractivity contribution in [1.82, 2.24) is 82.0 Å². The number of fused-ring (bicyclic) bond motifs is 6. The number of carbonyl (C=O) groups excluding carboxylic acids is 11. The van der Waals surface area contributed by atoms with E-state index in [0.29, 0.717) is 76.4 Å². The Morgan fingerprint density at radius 3 is 1.77 bits per heavy atom. The van der Waals surface area contributed by atoms with Crippen molar-refractivity contribution in [1.29, 1.82) is 0 Å². The van der Waals surface area contributed by atoms with E-state index in [1.54, 1.807) is 33.0 Å². The number of aromatic nitrogens is 3. The second-order valence-corrected chi connectivity index (χ2v) is 35.8. The maximum absolute atomic E-state index is 14.8. The number of aliphatic carboxylic acids is 3. The van der Waals surface area contributed by atoms with Crippen LogP contribution in [0.3, 0.4) is 0 Å². The van der Waals surface area contributed by atoms with Crippen molar-refractivity contribution in [3.8, 4) is 0 Å². The van der Waals surface area contributed by atoms with Gasteiger partial charge >= 0.3 is 17.9 Å². The number of hydrogen-bond donors (Lipinski definition) is 16. The van der Waals surface area contributed by atoms with Gasteiger partial charge in [-0.25, -0.2) is 4.98 Å². The van der Waals surface area contributed by atoms with Crippen molar-refractivity contribution in [2.24, 2.45) is 69.5 Å². The molecule has 666 valence electrons. The van der Waals surface area contributed by atoms with Gasteiger partial charge in [0.05, 0.1) is 63.2 Å². The first-order valence-corrected chi connectivity index (χ1v) is 43.9. The van der Waals surface area contributed by atoms with Crippen LogP contribution < -0.4 is 65.1 Å². The average molecular weight is 1700 g/mol. The van der Waals surface area contributed by atoms with Crippen LogP contribution in [0.15, 0.2) is 43.0 Å². The fourth-order valence-electron chi connectivity index (χ4n) is 19.4. The summed E-state index contributed by atoms with van der Waals surface area (Å²) in [6, 6.07) is -0.623. The zero-order valence-electron chi connectivity index (χ0n) is 70.9. The molecule has 19 N–H and O–H groups in total. The molecule has 2 aromatic heterocycles. The van der Waals surface area contributed by atoms with Crippen LogP contribution in [0.5, 0.6) is 0 Å². The number of carbonyl (C=O) groups is 14. The third-order valence-corrected chi connectivity index (χ3v) is 26.4. The Labute approximate surface area is 706 Å². The highest BCUT2D eigenvalue weighted by atomic mass is 32.2. The molecule has 36 nitrogen and oxygen atoms in total. The summed E-state index contributed by atoms with van der Waals surface area (Å²) in [5.74, 6) is -6.39. The Hall–Kier alpha value is -9.14. The standard InChI is InChI=1S/C83H131N19O17S/c1-49(2)36-65(79(117)96-63(75(86)113)23-35-120-8)97-80(118)66(39-56-40-87-48-91-56)95-70(105)42-90-76(114)51(4)92-77(115)52(5)93-78(116)64(37-53-43-102(67-14-10-9-13-57(53)67)81(119)62(84)19-20-68(85)103)88-26-11-12-50(3)59-17-18-60-58-16-15-54-38-55(21-24-82(54,6)61(58)22-25-83(59,60)7)94-69(104)41-89-71(106)44-98-27-29-99(45-72(107)108)31-33-101(47-74(111)112)34-32-100(30-28-98)46-73(109)110/h9-10,13-14,40,43,48-52,54-55,58-66,88H,11-12,15-39,41-42,44-47,84H2,1-8H3,(H2,85,103)(H2,86,113)(H,87,91)(H,89,106)(H,90,114)(H,92,115)(H,93,116)(H,94,104)(H,95,105)(H,96,117)(H,97,118)(H,107,108)(H,109,110)(H,111,112)/t50-,51+,52+,54-,55+,58?,59-,60?,61?,62+,63+,64+,65+,66+,82+,83-/m1/s1. The highest BCUT2D eigenvalue weighted by Gasteiger charge is 2.61. The van der Waals surface area contributed by atoms with Crippen molar-refractivity contribution >= 4 is 106 Å². The first-order chi connectivity index (χ1) is 56.9. The smallest absolute Gasteiger partial charge is 0.317 e. The number of benzene rings is 1. The summed E-state index contributed by atoms with van der Waals surface area (Å²) in [5.41, 5.74) is 19.2. The number of primary amides is 2. The lowest BCUT2D eigenvalue weighted by Crippen LogP contribution is -2.58. The Balaban J connectivity index is 0.842. The van der Waals surface area contributed by atoms with E-state index >= 15 is 0 Å². The summed E-state index contributed by atoms with van der Waals surface area (Å²) in [6.45, 7) is 14.6. The molecule has 1 saturated heterocycles. The molecule has 37 heteroatoms. The second-order valence-electron chi connectivity index (χ2n) is 34.8. The molecule has 120 heavy (non-hydrogen) atoms. The topological polar surface area (TPSA) is 533 Å². The zero-order valence-corrected chi connectivity index (χ0v) is 71.7. The second kappa shape index (κ2) is 45.7. The number of carboxylic acids is 3. The molecule has 1 aliphatic heterocycles. The summed E-state index contributed by atoms with van der Waals surface area (Å²) in [6.07, 6.45) is 17.7. The largest absolute Gasteiger partial charge is 0.480 e. The van der Waals surface area contributed by atoms with Gasteiger partial charge in [0.1, 0.15) is 30.2 Å². The fourth-order valence-corrected chi connectivity index (χ4v) is 19.9. The van der Waals surface area contributed by atoms with Crippen LogP contribution in [0.4, 0.5) is 0 Å². The Kier molecular flexibility index (Phi) is 36.6. The molecule has 0 bridgehead atoms. The number of rotatable bonds is 43. The van der Waals surface area contributed by atoms with E-state index in [-0.39, 0.29) is 152 Å². The fraction of sp³-hybridized carbons (Fsp3) is 0.699. The number of para-hydroxylation sites is 1. The maximum atomic E-state index is 14.8. The lowest BCUT2D eigenvalue weighted by molar-refractivity contribution is -0.140. The number of carboxylic acid groups (broad SMARTS) is 3. The molecule has 16 atom stereocenters. The van der Waals surface area contributed by atoms with E-state index in [9.17, 15) is 82.4 Å². The summed E-state index contributed by atoms with van der Waals surface area (Å²) in [5, 5.41) is 55.0.